The van der Waals surface area contributed by atoms with Crippen LogP contribution in [0.3, 0.4) is 0 Å². The summed E-state index contributed by atoms with van der Waals surface area (Å²) in [4.78, 5) is 3.82. The minimum absolute atomic E-state index is 0.173. The van der Waals surface area contributed by atoms with Gasteiger partial charge in [-0.05, 0) is 59.6 Å². The van der Waals surface area contributed by atoms with Gasteiger partial charge < -0.3 is 5.11 Å². The zero-order valence-corrected chi connectivity index (χ0v) is 18.9. The van der Waals surface area contributed by atoms with Gasteiger partial charge in [0.25, 0.3) is 0 Å². The predicted octanol–water partition coefficient (Wildman–Crippen LogP) is 5.38. The maximum Gasteiger partial charge on any atom is 0.146 e. The molecule has 6 heteroatoms. The highest BCUT2D eigenvalue weighted by atomic mass is 32.2. The highest BCUT2D eigenvalue weighted by Gasteiger charge is 2.22. The molecule has 3 aromatic carbocycles. The minimum Gasteiger partial charge on any atom is -0.505 e. The topological polar surface area (TPSA) is 50.9 Å². The lowest BCUT2D eigenvalue weighted by atomic mass is 9.85. The van der Waals surface area contributed by atoms with Crippen molar-refractivity contribution in [2.45, 2.75) is 42.9 Å². The summed E-state index contributed by atoms with van der Waals surface area (Å²) < 4.78 is 0. The van der Waals surface area contributed by atoms with Crippen LogP contribution >= 0.6 is 21.0 Å². The monoisotopic (exact) mass is 421 g/mol. The van der Waals surface area contributed by atoms with Crippen LogP contribution in [0.2, 0.25) is 0 Å². The molecule has 4 rings (SSSR count). The Kier molecular flexibility index (Phi) is 5.14. The number of benzene rings is 3. The number of phenolic OH excluding ortho intramolecular Hbond substituents is 1. The number of rotatable bonds is 3. The summed E-state index contributed by atoms with van der Waals surface area (Å²) in [5, 5.41) is 21.3. The lowest BCUT2D eigenvalue weighted by molar-refractivity contribution is 0.440. The molecular formula is C23H24N3OPS. The van der Waals surface area contributed by atoms with Crippen LogP contribution in [0, 0.1) is 6.92 Å². The summed E-state index contributed by atoms with van der Waals surface area (Å²) in [6, 6.07) is 18.4. The molecule has 0 fully saturated rings. The second-order valence-corrected chi connectivity index (χ2v) is 10.1. The second kappa shape index (κ2) is 7.47. The first-order chi connectivity index (χ1) is 13.7. The zero-order valence-electron chi connectivity index (χ0n) is 17.0. The first-order valence-corrected chi connectivity index (χ1v) is 10.8. The van der Waals surface area contributed by atoms with Crippen molar-refractivity contribution in [2.24, 2.45) is 0 Å². The van der Waals surface area contributed by atoms with E-state index in [9.17, 15) is 5.11 Å². The zero-order chi connectivity index (χ0) is 20.8. The van der Waals surface area contributed by atoms with Gasteiger partial charge in [-0.2, -0.15) is 0 Å². The number of aryl methyl sites for hydroxylation is 1. The van der Waals surface area contributed by atoms with Gasteiger partial charge in [0.15, 0.2) is 0 Å². The molecule has 4 nitrogen and oxygen atoms in total. The number of fused-ring (bicyclic) bond motifs is 1. The quantitative estimate of drug-likeness (QED) is 0.451. The molecule has 0 spiro atoms. The van der Waals surface area contributed by atoms with E-state index in [1.807, 2.05) is 31.2 Å². The lowest BCUT2D eigenvalue weighted by Crippen LogP contribution is -2.13. The van der Waals surface area contributed by atoms with Crippen LogP contribution in [0.5, 0.6) is 5.75 Å². The largest absolute Gasteiger partial charge is 0.505 e. The van der Waals surface area contributed by atoms with E-state index in [1.165, 1.54) is 10.2 Å². The highest BCUT2D eigenvalue weighted by molar-refractivity contribution is 7.99. The third kappa shape index (κ3) is 4.17. The summed E-state index contributed by atoms with van der Waals surface area (Å²) in [5.41, 5.74) is 3.99. The molecule has 0 saturated carbocycles. The van der Waals surface area contributed by atoms with E-state index in [4.69, 9.17) is 0 Å². The number of aromatic nitrogens is 3. The van der Waals surface area contributed by atoms with Crippen LogP contribution < -0.4 is 5.30 Å². The van der Waals surface area contributed by atoms with Crippen LogP contribution in [0.15, 0.2) is 64.4 Å². The van der Waals surface area contributed by atoms with Gasteiger partial charge in [0.2, 0.25) is 0 Å². The van der Waals surface area contributed by atoms with Gasteiger partial charge in [-0.3, -0.25) is 0 Å². The minimum atomic E-state index is -0.173. The fourth-order valence-corrected chi connectivity index (χ4v) is 4.26. The molecular weight excluding hydrogens is 397 g/mol. The van der Waals surface area contributed by atoms with Gasteiger partial charge in [0.05, 0.1) is 0 Å². The molecule has 1 heterocycles. The average molecular weight is 422 g/mol. The first-order valence-electron chi connectivity index (χ1n) is 9.46. The summed E-state index contributed by atoms with van der Waals surface area (Å²) in [7, 11) is 2.70. The molecule has 29 heavy (non-hydrogen) atoms. The number of hydrogen-bond acceptors (Lipinski definition) is 4. The Hall–Kier alpha value is -2.36. The molecule has 0 amide bonds. The van der Waals surface area contributed by atoms with E-state index in [-0.39, 0.29) is 11.2 Å². The molecule has 1 aromatic heterocycles. The van der Waals surface area contributed by atoms with Crippen molar-refractivity contribution < 1.29 is 5.11 Å². The van der Waals surface area contributed by atoms with E-state index in [2.05, 4.69) is 70.5 Å². The van der Waals surface area contributed by atoms with E-state index >= 15 is 0 Å². The fraction of sp³-hybridized carbons (Fsp3) is 0.217. The Labute approximate surface area is 177 Å². The van der Waals surface area contributed by atoms with E-state index < -0.39 is 0 Å². The molecule has 148 valence electrons. The molecule has 0 aliphatic carbocycles. The van der Waals surface area contributed by atoms with Crippen molar-refractivity contribution in [3.05, 3.63) is 65.7 Å². The van der Waals surface area contributed by atoms with Crippen LogP contribution in [-0.4, -0.2) is 20.1 Å². The Morgan fingerprint density at radius 1 is 0.897 bits per heavy atom. The molecule has 1 N–H and O–H groups in total. The molecule has 0 bridgehead atoms. The smallest absolute Gasteiger partial charge is 0.146 e. The fourth-order valence-electron chi connectivity index (χ4n) is 3.22. The molecule has 1 atom stereocenters. The third-order valence-electron chi connectivity index (χ3n) is 4.73. The van der Waals surface area contributed by atoms with Gasteiger partial charge in [-0.1, -0.05) is 50.7 Å². The van der Waals surface area contributed by atoms with Gasteiger partial charge in [-0.25, -0.2) is 0 Å². The second-order valence-electron chi connectivity index (χ2n) is 8.24. The Morgan fingerprint density at radius 2 is 1.55 bits per heavy atom. The summed E-state index contributed by atoms with van der Waals surface area (Å²) in [6.45, 7) is 8.29. The van der Waals surface area contributed by atoms with Crippen molar-refractivity contribution in [3.8, 4) is 11.4 Å². The Bertz CT molecular complexity index is 1190. The molecule has 4 aromatic rings. The maximum atomic E-state index is 10.9. The first kappa shape index (κ1) is 19.9. The highest BCUT2D eigenvalue weighted by Crippen LogP contribution is 2.36. The van der Waals surface area contributed by atoms with Gasteiger partial charge in [0.1, 0.15) is 22.5 Å². The van der Waals surface area contributed by atoms with Gasteiger partial charge in [0, 0.05) is 15.4 Å². The van der Waals surface area contributed by atoms with Crippen LogP contribution in [0.25, 0.3) is 16.7 Å². The standard InChI is InChI=1S/C23H24N3OPS/c1-14-11-18(23(2,3)4)22(27)21(12-14)26-24-19-10-9-17(13-20(19)25-26)29-16-7-5-15(28)6-8-16/h5-13,27H,28H2,1-4H3. The van der Waals surface area contributed by atoms with Crippen molar-refractivity contribution in [2.75, 3.05) is 0 Å². The van der Waals surface area contributed by atoms with E-state index in [1.54, 1.807) is 16.6 Å². The lowest BCUT2D eigenvalue weighted by Gasteiger charge is -2.22. The number of nitrogens with zero attached hydrogens (tertiary/aromatic N) is 3. The number of hydrogen-bond donors (Lipinski definition) is 1. The molecule has 0 aliphatic heterocycles. The molecule has 1 unspecified atom stereocenters. The summed E-state index contributed by atoms with van der Waals surface area (Å²) in [6.07, 6.45) is 0. The third-order valence-corrected chi connectivity index (χ3v) is 6.11. The number of aromatic hydroxyl groups is 1. The van der Waals surface area contributed by atoms with Crippen LogP contribution in [-0.2, 0) is 5.41 Å². The Morgan fingerprint density at radius 3 is 2.24 bits per heavy atom. The maximum absolute atomic E-state index is 10.9. The summed E-state index contributed by atoms with van der Waals surface area (Å²) >= 11 is 1.69. The van der Waals surface area contributed by atoms with Crippen LogP contribution in [0.4, 0.5) is 0 Å². The van der Waals surface area contributed by atoms with E-state index in [0.29, 0.717) is 5.69 Å². The SMILES string of the molecule is Cc1cc(-n2nc3ccc(Sc4ccc(P)cc4)cc3n2)c(O)c(C(C)(C)C)c1. The van der Waals surface area contributed by atoms with Crippen molar-refractivity contribution >= 4 is 37.3 Å². The van der Waals surface area contributed by atoms with Crippen molar-refractivity contribution in [1.82, 2.24) is 15.0 Å². The van der Waals surface area contributed by atoms with Crippen molar-refractivity contribution in [3.63, 3.8) is 0 Å². The number of phenols is 1. The normalized spacial score (nSPS) is 11.9. The summed E-state index contributed by atoms with van der Waals surface area (Å²) in [5.74, 6) is 0.232. The molecule has 0 radical (unpaired) electrons. The van der Waals surface area contributed by atoms with Crippen molar-refractivity contribution in [1.29, 1.82) is 0 Å². The molecule has 0 saturated heterocycles. The predicted molar refractivity (Wildman–Crippen MR) is 124 cm³/mol. The van der Waals surface area contributed by atoms with Gasteiger partial charge in [-0.15, -0.1) is 24.2 Å². The van der Waals surface area contributed by atoms with Gasteiger partial charge >= 0.3 is 0 Å². The van der Waals surface area contributed by atoms with Crippen LogP contribution in [0.1, 0.15) is 31.9 Å². The molecule has 0 aliphatic rings. The average Bonchev–Trinajstić information content (AvgIpc) is 3.07. The Balaban J connectivity index is 1.73. The van der Waals surface area contributed by atoms with E-state index in [0.717, 1.165) is 27.1 Å².